The summed E-state index contributed by atoms with van der Waals surface area (Å²) < 4.78 is 0. The maximum atomic E-state index is 11.9. The Hall–Kier alpha value is -1.31. The van der Waals surface area contributed by atoms with Gasteiger partial charge >= 0.3 is 0 Å². The highest BCUT2D eigenvalue weighted by Gasteiger charge is 2.16. The van der Waals surface area contributed by atoms with Crippen molar-refractivity contribution in [1.82, 2.24) is 0 Å². The normalized spacial score (nSPS) is 11.7. The molecule has 0 radical (unpaired) electrons. The van der Waals surface area contributed by atoms with Crippen molar-refractivity contribution >= 4 is 11.6 Å². The second-order valence-electron chi connectivity index (χ2n) is 6.34. The van der Waals surface area contributed by atoms with Crippen molar-refractivity contribution in [3.63, 3.8) is 0 Å². The average molecular weight is 261 g/mol. The van der Waals surface area contributed by atoms with Gasteiger partial charge in [0.15, 0.2) is 0 Å². The number of anilines is 1. The Balaban J connectivity index is 2.48. The first-order valence-electron chi connectivity index (χ1n) is 7.24. The molecule has 0 heterocycles. The SMILES string of the molecule is CCC(C)(C)CCC(=O)Nc1ccc(C(C)C)cc1. The molecule has 2 nitrogen and oxygen atoms in total. The number of carbonyl (C=O) groups is 1. The summed E-state index contributed by atoms with van der Waals surface area (Å²) in [5, 5.41) is 2.97. The molecule has 19 heavy (non-hydrogen) atoms. The summed E-state index contributed by atoms with van der Waals surface area (Å²) in [6.45, 7) is 10.9. The number of carbonyl (C=O) groups excluding carboxylic acids is 1. The van der Waals surface area contributed by atoms with Crippen molar-refractivity contribution in [2.75, 3.05) is 5.32 Å². The fraction of sp³-hybridized carbons (Fsp3) is 0.588. The Labute approximate surface area is 117 Å². The molecule has 1 amide bonds. The Morgan fingerprint density at radius 3 is 2.26 bits per heavy atom. The molecule has 0 fully saturated rings. The van der Waals surface area contributed by atoms with Gasteiger partial charge in [-0.15, -0.1) is 0 Å². The van der Waals surface area contributed by atoms with Crippen LogP contribution >= 0.6 is 0 Å². The zero-order chi connectivity index (χ0) is 14.5. The van der Waals surface area contributed by atoms with Crippen LogP contribution in [0.1, 0.15) is 65.4 Å². The van der Waals surface area contributed by atoms with Crippen LogP contribution in [0.25, 0.3) is 0 Å². The van der Waals surface area contributed by atoms with E-state index in [1.807, 2.05) is 12.1 Å². The van der Waals surface area contributed by atoms with Gasteiger partial charge in [0.1, 0.15) is 0 Å². The standard InChI is InChI=1S/C17H27NO/c1-6-17(4,5)12-11-16(19)18-15-9-7-14(8-10-15)13(2)3/h7-10,13H,6,11-12H2,1-5H3,(H,18,19). The predicted octanol–water partition coefficient (Wildman–Crippen LogP) is 4.96. The lowest BCUT2D eigenvalue weighted by Gasteiger charge is -2.21. The first kappa shape index (κ1) is 15.7. The van der Waals surface area contributed by atoms with Crippen LogP contribution in [0.4, 0.5) is 5.69 Å². The van der Waals surface area contributed by atoms with E-state index in [1.54, 1.807) is 0 Å². The minimum Gasteiger partial charge on any atom is -0.326 e. The Bertz CT molecular complexity index is 404. The summed E-state index contributed by atoms with van der Waals surface area (Å²) in [6, 6.07) is 8.13. The fourth-order valence-corrected chi connectivity index (χ4v) is 1.80. The lowest BCUT2D eigenvalue weighted by molar-refractivity contribution is -0.116. The lowest BCUT2D eigenvalue weighted by Crippen LogP contribution is -2.17. The van der Waals surface area contributed by atoms with Crippen molar-refractivity contribution in [2.45, 2.75) is 59.8 Å². The van der Waals surface area contributed by atoms with Gasteiger partial charge in [0, 0.05) is 12.1 Å². The third-order valence-corrected chi connectivity index (χ3v) is 3.85. The van der Waals surface area contributed by atoms with Gasteiger partial charge in [-0.2, -0.15) is 0 Å². The summed E-state index contributed by atoms with van der Waals surface area (Å²) in [6.07, 6.45) is 2.62. The first-order chi connectivity index (χ1) is 8.84. The van der Waals surface area contributed by atoms with E-state index in [9.17, 15) is 4.79 Å². The van der Waals surface area contributed by atoms with Crippen molar-refractivity contribution in [3.05, 3.63) is 29.8 Å². The van der Waals surface area contributed by atoms with Crippen LogP contribution in [0.5, 0.6) is 0 Å². The van der Waals surface area contributed by atoms with Crippen LogP contribution in [0.15, 0.2) is 24.3 Å². The highest BCUT2D eigenvalue weighted by Crippen LogP contribution is 2.26. The molecule has 0 spiro atoms. The first-order valence-corrected chi connectivity index (χ1v) is 7.24. The number of hydrogen-bond donors (Lipinski definition) is 1. The Morgan fingerprint density at radius 2 is 1.79 bits per heavy atom. The minimum atomic E-state index is 0.110. The van der Waals surface area contributed by atoms with E-state index in [1.165, 1.54) is 5.56 Å². The topological polar surface area (TPSA) is 29.1 Å². The summed E-state index contributed by atoms with van der Waals surface area (Å²) >= 11 is 0. The monoisotopic (exact) mass is 261 g/mol. The van der Waals surface area contributed by atoms with Gasteiger partial charge in [-0.3, -0.25) is 4.79 Å². The zero-order valence-electron chi connectivity index (χ0n) is 12.9. The van der Waals surface area contributed by atoms with Crippen LogP contribution < -0.4 is 5.32 Å². The van der Waals surface area contributed by atoms with Crippen LogP contribution in [-0.2, 0) is 4.79 Å². The molecule has 2 heteroatoms. The summed E-state index contributed by atoms with van der Waals surface area (Å²) in [5.41, 5.74) is 2.44. The van der Waals surface area contributed by atoms with Crippen molar-refractivity contribution in [1.29, 1.82) is 0 Å². The maximum Gasteiger partial charge on any atom is 0.224 e. The molecule has 0 aliphatic rings. The number of benzene rings is 1. The Kier molecular flexibility index (Phi) is 5.59. The number of hydrogen-bond acceptors (Lipinski definition) is 1. The molecule has 1 rings (SSSR count). The van der Waals surface area contributed by atoms with Crippen LogP contribution in [0, 0.1) is 5.41 Å². The second-order valence-corrected chi connectivity index (χ2v) is 6.34. The minimum absolute atomic E-state index is 0.110. The van der Waals surface area contributed by atoms with Gasteiger partial charge in [0.25, 0.3) is 0 Å². The van der Waals surface area contributed by atoms with E-state index in [0.717, 1.165) is 18.5 Å². The third kappa shape index (κ3) is 5.46. The van der Waals surface area contributed by atoms with Gasteiger partial charge in [0.05, 0.1) is 0 Å². The fourth-order valence-electron chi connectivity index (χ4n) is 1.80. The van der Waals surface area contributed by atoms with Crippen molar-refractivity contribution in [2.24, 2.45) is 5.41 Å². The smallest absolute Gasteiger partial charge is 0.224 e. The van der Waals surface area contributed by atoms with E-state index in [0.29, 0.717) is 12.3 Å². The molecule has 0 aromatic heterocycles. The molecule has 0 atom stereocenters. The van der Waals surface area contributed by atoms with Crippen LogP contribution in [-0.4, -0.2) is 5.91 Å². The quantitative estimate of drug-likeness (QED) is 0.770. The molecule has 0 saturated carbocycles. The number of amides is 1. The van der Waals surface area contributed by atoms with Crippen LogP contribution in [0.2, 0.25) is 0 Å². The molecule has 1 aromatic carbocycles. The highest BCUT2D eigenvalue weighted by atomic mass is 16.1. The van der Waals surface area contributed by atoms with Gasteiger partial charge < -0.3 is 5.32 Å². The van der Waals surface area contributed by atoms with Crippen molar-refractivity contribution < 1.29 is 4.79 Å². The van der Waals surface area contributed by atoms with E-state index in [4.69, 9.17) is 0 Å². The molecular formula is C17H27NO. The van der Waals surface area contributed by atoms with Gasteiger partial charge in [-0.05, 0) is 35.4 Å². The van der Waals surface area contributed by atoms with E-state index in [-0.39, 0.29) is 11.3 Å². The molecule has 0 aliphatic carbocycles. The van der Waals surface area contributed by atoms with Crippen molar-refractivity contribution in [3.8, 4) is 0 Å². The Morgan fingerprint density at radius 1 is 1.21 bits per heavy atom. The van der Waals surface area contributed by atoms with E-state index < -0.39 is 0 Å². The summed E-state index contributed by atoms with van der Waals surface area (Å²) in [7, 11) is 0. The zero-order valence-corrected chi connectivity index (χ0v) is 12.9. The molecule has 1 N–H and O–H groups in total. The number of nitrogens with one attached hydrogen (secondary N) is 1. The van der Waals surface area contributed by atoms with Crippen LogP contribution in [0.3, 0.4) is 0 Å². The molecule has 0 aliphatic heterocycles. The van der Waals surface area contributed by atoms with Gasteiger partial charge in [-0.1, -0.05) is 53.2 Å². The molecule has 1 aromatic rings. The molecule has 0 unspecified atom stereocenters. The average Bonchev–Trinajstić information content (AvgIpc) is 2.37. The molecule has 0 bridgehead atoms. The third-order valence-electron chi connectivity index (χ3n) is 3.85. The highest BCUT2D eigenvalue weighted by molar-refractivity contribution is 5.90. The molecule has 0 saturated heterocycles. The summed E-state index contributed by atoms with van der Waals surface area (Å²) in [4.78, 5) is 11.9. The van der Waals surface area contributed by atoms with Gasteiger partial charge in [0.2, 0.25) is 5.91 Å². The predicted molar refractivity (Wildman–Crippen MR) is 82.5 cm³/mol. The van der Waals surface area contributed by atoms with Gasteiger partial charge in [-0.25, -0.2) is 0 Å². The molecule has 106 valence electrons. The number of rotatable bonds is 6. The van der Waals surface area contributed by atoms with E-state index in [2.05, 4.69) is 52.1 Å². The largest absolute Gasteiger partial charge is 0.326 e. The van der Waals surface area contributed by atoms with E-state index >= 15 is 0 Å². The summed E-state index contributed by atoms with van der Waals surface area (Å²) in [5.74, 6) is 0.633. The maximum absolute atomic E-state index is 11.9. The second kappa shape index (κ2) is 6.74. The lowest BCUT2D eigenvalue weighted by atomic mass is 9.85. The molecular weight excluding hydrogens is 234 g/mol.